The molecule has 20 heavy (non-hydrogen) atoms. The third-order valence-corrected chi connectivity index (χ3v) is 3.86. The number of thiophene rings is 1. The molecule has 0 unspecified atom stereocenters. The number of rotatable bonds is 5. The molecule has 0 aliphatic rings. The largest absolute Gasteiger partial charge is 0.497 e. The quantitative estimate of drug-likeness (QED) is 0.610. The molecule has 0 aliphatic heterocycles. The summed E-state index contributed by atoms with van der Waals surface area (Å²) >= 11 is 7.07. The molecule has 0 amide bonds. The van der Waals surface area contributed by atoms with Gasteiger partial charge in [0.15, 0.2) is 5.78 Å². The summed E-state index contributed by atoms with van der Waals surface area (Å²) in [5.74, 6) is 1.27. The second-order valence-electron chi connectivity index (χ2n) is 3.95. The summed E-state index contributed by atoms with van der Waals surface area (Å²) in [5.41, 5.74) is 0.831. The zero-order chi connectivity index (χ0) is 14.5. The Hall–Kier alpha value is -1.78. The van der Waals surface area contributed by atoms with E-state index >= 15 is 0 Å². The summed E-state index contributed by atoms with van der Waals surface area (Å²) in [5, 5.41) is 0. The Kier molecular flexibility index (Phi) is 4.82. The summed E-state index contributed by atoms with van der Waals surface area (Å²) in [6.07, 6.45) is 3.23. The third-order valence-electron chi connectivity index (χ3n) is 2.62. The average Bonchev–Trinajstić information content (AvgIpc) is 2.91. The van der Waals surface area contributed by atoms with Crippen LogP contribution in [-0.4, -0.2) is 20.0 Å². The highest BCUT2D eigenvalue weighted by Gasteiger charge is 2.05. The number of carbonyl (C=O) groups is 1. The molecule has 0 N–H and O–H groups in total. The van der Waals surface area contributed by atoms with Crippen molar-refractivity contribution in [3.8, 4) is 11.5 Å². The molecule has 0 bridgehead atoms. The maximum absolute atomic E-state index is 11.9. The summed E-state index contributed by atoms with van der Waals surface area (Å²) in [6, 6.07) is 8.85. The number of ether oxygens (including phenoxy) is 2. The van der Waals surface area contributed by atoms with Crippen molar-refractivity contribution in [1.29, 1.82) is 0 Å². The first-order valence-electron chi connectivity index (χ1n) is 5.83. The van der Waals surface area contributed by atoms with Gasteiger partial charge in [0.05, 0.1) is 23.4 Å². The van der Waals surface area contributed by atoms with Gasteiger partial charge in [-0.2, -0.15) is 0 Å². The molecule has 0 fully saturated rings. The summed E-state index contributed by atoms with van der Waals surface area (Å²) in [6.45, 7) is 0. The zero-order valence-electron chi connectivity index (χ0n) is 11.1. The van der Waals surface area contributed by atoms with Gasteiger partial charge in [0.1, 0.15) is 11.5 Å². The minimum atomic E-state index is -0.0799. The van der Waals surface area contributed by atoms with Gasteiger partial charge in [-0.15, -0.1) is 11.3 Å². The van der Waals surface area contributed by atoms with Gasteiger partial charge in [0.25, 0.3) is 0 Å². The summed E-state index contributed by atoms with van der Waals surface area (Å²) < 4.78 is 11.0. The lowest BCUT2D eigenvalue weighted by molar-refractivity contribution is 0.105. The Labute approximate surface area is 126 Å². The van der Waals surface area contributed by atoms with Crippen LogP contribution in [0, 0.1) is 0 Å². The molecule has 2 rings (SSSR count). The van der Waals surface area contributed by atoms with Crippen molar-refractivity contribution in [2.75, 3.05) is 14.2 Å². The van der Waals surface area contributed by atoms with E-state index in [0.717, 1.165) is 5.56 Å². The standard InChI is InChI=1S/C15H13ClO3S/c1-18-11-7-10(8-12(9-11)19-2)3-4-13(17)14-5-6-15(16)20-14/h3-9H,1-2H3/b4-3+. The molecular formula is C15H13ClO3S. The van der Waals surface area contributed by atoms with Crippen molar-refractivity contribution in [2.24, 2.45) is 0 Å². The van der Waals surface area contributed by atoms with Gasteiger partial charge in [0.2, 0.25) is 0 Å². The van der Waals surface area contributed by atoms with Crippen LogP contribution >= 0.6 is 22.9 Å². The highest BCUT2D eigenvalue weighted by molar-refractivity contribution is 7.18. The molecule has 1 aromatic heterocycles. The van der Waals surface area contributed by atoms with E-state index in [0.29, 0.717) is 20.7 Å². The fourth-order valence-electron chi connectivity index (χ4n) is 1.63. The molecule has 0 saturated heterocycles. The number of benzene rings is 1. The maximum atomic E-state index is 11.9. The number of hydrogen-bond donors (Lipinski definition) is 0. The van der Waals surface area contributed by atoms with Crippen LogP contribution in [0.1, 0.15) is 15.2 Å². The number of ketones is 1. The molecule has 104 valence electrons. The Balaban J connectivity index is 2.20. The smallest absolute Gasteiger partial charge is 0.195 e. The molecule has 0 radical (unpaired) electrons. The number of allylic oxidation sites excluding steroid dienone is 1. The molecule has 1 aromatic carbocycles. The zero-order valence-corrected chi connectivity index (χ0v) is 12.6. The van der Waals surface area contributed by atoms with Crippen LogP contribution in [0.25, 0.3) is 6.08 Å². The second-order valence-corrected chi connectivity index (χ2v) is 5.66. The minimum absolute atomic E-state index is 0.0799. The van der Waals surface area contributed by atoms with Gasteiger partial charge in [-0.3, -0.25) is 4.79 Å². The molecule has 1 heterocycles. The van der Waals surface area contributed by atoms with E-state index < -0.39 is 0 Å². The van der Waals surface area contributed by atoms with Crippen LogP contribution in [0.2, 0.25) is 4.34 Å². The van der Waals surface area contributed by atoms with E-state index in [1.165, 1.54) is 17.4 Å². The van der Waals surface area contributed by atoms with Crippen molar-refractivity contribution in [3.05, 3.63) is 51.2 Å². The van der Waals surface area contributed by atoms with Crippen molar-refractivity contribution < 1.29 is 14.3 Å². The monoisotopic (exact) mass is 308 g/mol. The topological polar surface area (TPSA) is 35.5 Å². The van der Waals surface area contributed by atoms with Crippen LogP contribution in [0.15, 0.2) is 36.4 Å². The Morgan fingerprint density at radius 3 is 2.30 bits per heavy atom. The van der Waals surface area contributed by atoms with Crippen LogP contribution in [0.3, 0.4) is 0 Å². The molecule has 0 saturated carbocycles. The number of halogens is 1. The normalized spacial score (nSPS) is 10.8. The van der Waals surface area contributed by atoms with E-state index in [-0.39, 0.29) is 5.78 Å². The van der Waals surface area contributed by atoms with Gasteiger partial charge in [0, 0.05) is 6.07 Å². The lowest BCUT2D eigenvalue weighted by Crippen LogP contribution is -1.90. The van der Waals surface area contributed by atoms with E-state index in [2.05, 4.69) is 0 Å². The van der Waals surface area contributed by atoms with Gasteiger partial charge in [-0.25, -0.2) is 0 Å². The lowest BCUT2D eigenvalue weighted by atomic mass is 10.1. The van der Waals surface area contributed by atoms with Gasteiger partial charge in [-0.05, 0) is 35.9 Å². The first-order valence-corrected chi connectivity index (χ1v) is 7.02. The van der Waals surface area contributed by atoms with E-state index in [1.807, 2.05) is 12.1 Å². The van der Waals surface area contributed by atoms with Crippen LogP contribution in [-0.2, 0) is 0 Å². The molecule has 0 spiro atoms. The van der Waals surface area contributed by atoms with Crippen LogP contribution < -0.4 is 9.47 Å². The Morgan fingerprint density at radius 1 is 1.15 bits per heavy atom. The maximum Gasteiger partial charge on any atom is 0.195 e. The SMILES string of the molecule is COc1cc(/C=C/C(=O)c2ccc(Cl)s2)cc(OC)c1. The van der Waals surface area contributed by atoms with Crippen molar-refractivity contribution in [2.45, 2.75) is 0 Å². The fourth-order valence-corrected chi connectivity index (χ4v) is 2.59. The van der Waals surface area contributed by atoms with Gasteiger partial charge in [-0.1, -0.05) is 17.7 Å². The van der Waals surface area contributed by atoms with E-state index in [9.17, 15) is 4.79 Å². The fraction of sp³-hybridized carbons (Fsp3) is 0.133. The number of methoxy groups -OCH3 is 2. The van der Waals surface area contributed by atoms with Crippen LogP contribution in [0.5, 0.6) is 11.5 Å². The highest BCUT2D eigenvalue weighted by atomic mass is 35.5. The first kappa shape index (κ1) is 14.6. The molecule has 3 nitrogen and oxygen atoms in total. The Morgan fingerprint density at radius 2 is 1.80 bits per heavy atom. The number of hydrogen-bond acceptors (Lipinski definition) is 4. The second kappa shape index (κ2) is 6.59. The molecule has 2 aromatic rings. The summed E-state index contributed by atoms with van der Waals surface area (Å²) in [4.78, 5) is 12.6. The van der Waals surface area contributed by atoms with Crippen LogP contribution in [0.4, 0.5) is 0 Å². The highest BCUT2D eigenvalue weighted by Crippen LogP contribution is 2.24. The first-order chi connectivity index (χ1) is 9.62. The third kappa shape index (κ3) is 3.62. The molecule has 0 aliphatic carbocycles. The van der Waals surface area contributed by atoms with E-state index in [1.54, 1.807) is 38.5 Å². The van der Waals surface area contributed by atoms with Gasteiger partial charge < -0.3 is 9.47 Å². The van der Waals surface area contributed by atoms with E-state index in [4.69, 9.17) is 21.1 Å². The van der Waals surface area contributed by atoms with Crippen molar-refractivity contribution in [3.63, 3.8) is 0 Å². The molecular weight excluding hydrogens is 296 g/mol. The minimum Gasteiger partial charge on any atom is -0.497 e. The number of carbonyl (C=O) groups excluding carboxylic acids is 1. The molecule has 5 heteroatoms. The summed E-state index contributed by atoms with van der Waals surface area (Å²) in [7, 11) is 3.17. The van der Waals surface area contributed by atoms with Crippen molar-refractivity contribution >= 4 is 34.8 Å². The Bertz CT molecular complexity index is 624. The molecule has 0 atom stereocenters. The predicted octanol–water partition coefficient (Wildman–Crippen LogP) is 4.31. The lowest BCUT2D eigenvalue weighted by Gasteiger charge is -2.05. The van der Waals surface area contributed by atoms with Gasteiger partial charge >= 0.3 is 0 Å². The van der Waals surface area contributed by atoms with Crippen molar-refractivity contribution in [1.82, 2.24) is 0 Å². The average molecular weight is 309 g/mol. The predicted molar refractivity (Wildman–Crippen MR) is 82.2 cm³/mol.